The minimum atomic E-state index is -0.538. The number of nitrogens with zero attached hydrogens (tertiary/aromatic N) is 1. The summed E-state index contributed by atoms with van der Waals surface area (Å²) >= 11 is 0. The second-order valence-corrected chi connectivity index (χ2v) is 3.32. The van der Waals surface area contributed by atoms with Crippen molar-refractivity contribution in [3.05, 3.63) is 53.9 Å². The number of rotatable bonds is 2. The van der Waals surface area contributed by atoms with Crippen LogP contribution in [0.1, 0.15) is 5.56 Å². The third-order valence-electron chi connectivity index (χ3n) is 2.30. The van der Waals surface area contributed by atoms with Gasteiger partial charge in [-0.25, -0.2) is 8.78 Å². The molecule has 0 spiro atoms. The molecular formula is C12H9F2NO. The molecule has 2 rings (SSSR count). The molecule has 82 valence electrons. The number of pyridine rings is 1. The van der Waals surface area contributed by atoms with Crippen LogP contribution in [0, 0.1) is 11.6 Å². The van der Waals surface area contributed by atoms with Gasteiger partial charge in [0.25, 0.3) is 0 Å². The van der Waals surface area contributed by atoms with Gasteiger partial charge in [-0.3, -0.25) is 4.98 Å². The Balaban J connectivity index is 2.62. The first kappa shape index (κ1) is 10.7. The monoisotopic (exact) mass is 221 g/mol. The van der Waals surface area contributed by atoms with Crippen LogP contribution in [0.4, 0.5) is 8.78 Å². The van der Waals surface area contributed by atoms with Crippen molar-refractivity contribution >= 4 is 0 Å². The zero-order valence-corrected chi connectivity index (χ0v) is 8.32. The van der Waals surface area contributed by atoms with Crippen LogP contribution in [0.15, 0.2) is 36.7 Å². The van der Waals surface area contributed by atoms with Gasteiger partial charge >= 0.3 is 0 Å². The summed E-state index contributed by atoms with van der Waals surface area (Å²) in [6.07, 6.45) is 2.90. The predicted molar refractivity (Wildman–Crippen MR) is 55.5 cm³/mol. The number of aliphatic hydroxyl groups is 1. The minimum absolute atomic E-state index is 0.108. The van der Waals surface area contributed by atoms with E-state index in [0.717, 1.165) is 18.2 Å². The highest BCUT2D eigenvalue weighted by atomic mass is 19.1. The highest BCUT2D eigenvalue weighted by Gasteiger charge is 2.10. The molecule has 2 aromatic rings. The van der Waals surface area contributed by atoms with Gasteiger partial charge in [0.05, 0.1) is 6.61 Å². The molecule has 1 heterocycles. The maximum atomic E-state index is 13.5. The van der Waals surface area contributed by atoms with E-state index in [-0.39, 0.29) is 12.2 Å². The molecular weight excluding hydrogens is 212 g/mol. The van der Waals surface area contributed by atoms with E-state index in [0.29, 0.717) is 11.1 Å². The van der Waals surface area contributed by atoms with Gasteiger partial charge in [-0.15, -0.1) is 0 Å². The van der Waals surface area contributed by atoms with Crippen molar-refractivity contribution in [3.63, 3.8) is 0 Å². The van der Waals surface area contributed by atoms with Crippen LogP contribution in [-0.2, 0) is 6.61 Å². The highest BCUT2D eigenvalue weighted by Crippen LogP contribution is 2.26. The van der Waals surface area contributed by atoms with Crippen molar-refractivity contribution in [3.8, 4) is 11.1 Å². The molecule has 16 heavy (non-hydrogen) atoms. The Morgan fingerprint density at radius 1 is 1.12 bits per heavy atom. The Bertz CT molecular complexity index is 514. The largest absolute Gasteiger partial charge is 0.392 e. The van der Waals surface area contributed by atoms with E-state index >= 15 is 0 Å². The van der Waals surface area contributed by atoms with Gasteiger partial charge in [0.2, 0.25) is 0 Å². The fourth-order valence-electron chi connectivity index (χ4n) is 1.51. The number of aliphatic hydroxyl groups excluding tert-OH is 1. The van der Waals surface area contributed by atoms with Crippen LogP contribution in [-0.4, -0.2) is 10.1 Å². The van der Waals surface area contributed by atoms with Crippen molar-refractivity contribution in [2.24, 2.45) is 0 Å². The zero-order valence-electron chi connectivity index (χ0n) is 8.32. The molecule has 0 bridgehead atoms. The van der Waals surface area contributed by atoms with Crippen molar-refractivity contribution in [2.45, 2.75) is 6.61 Å². The molecule has 0 aliphatic carbocycles. The molecule has 1 N–H and O–H groups in total. The summed E-state index contributed by atoms with van der Waals surface area (Å²) in [6.45, 7) is -0.242. The maximum Gasteiger partial charge on any atom is 0.131 e. The summed E-state index contributed by atoms with van der Waals surface area (Å²) in [4.78, 5) is 3.84. The van der Waals surface area contributed by atoms with Crippen LogP contribution < -0.4 is 0 Å². The lowest BCUT2D eigenvalue weighted by molar-refractivity contribution is 0.282. The number of hydrogen-bond acceptors (Lipinski definition) is 2. The van der Waals surface area contributed by atoms with Gasteiger partial charge < -0.3 is 5.11 Å². The average Bonchev–Trinajstić information content (AvgIpc) is 2.32. The molecule has 2 nitrogen and oxygen atoms in total. The lowest BCUT2D eigenvalue weighted by Gasteiger charge is -2.07. The number of aromatic nitrogens is 1. The summed E-state index contributed by atoms with van der Waals surface area (Å²) < 4.78 is 26.5. The molecule has 0 aliphatic heterocycles. The van der Waals surface area contributed by atoms with Crippen molar-refractivity contribution < 1.29 is 13.9 Å². The predicted octanol–water partition coefficient (Wildman–Crippen LogP) is 2.52. The van der Waals surface area contributed by atoms with Crippen molar-refractivity contribution in [2.75, 3.05) is 0 Å². The SMILES string of the molecule is OCc1ccncc1-c1cc(F)ccc1F. The Labute approximate surface area is 91.2 Å². The number of halogens is 2. The summed E-state index contributed by atoms with van der Waals surface area (Å²) in [5.74, 6) is -1.06. The molecule has 0 radical (unpaired) electrons. The molecule has 0 amide bonds. The molecule has 1 aromatic carbocycles. The molecule has 0 atom stereocenters. The minimum Gasteiger partial charge on any atom is -0.392 e. The first-order valence-electron chi connectivity index (χ1n) is 4.71. The van der Waals surface area contributed by atoms with Gasteiger partial charge in [0.15, 0.2) is 0 Å². The third-order valence-corrected chi connectivity index (χ3v) is 2.30. The standard InChI is InChI=1S/C12H9F2NO/c13-9-1-2-12(14)10(5-9)11-6-15-4-3-8(11)7-16/h1-6,16H,7H2. The number of benzene rings is 1. The molecule has 4 heteroatoms. The highest BCUT2D eigenvalue weighted by molar-refractivity contribution is 5.66. The first-order valence-corrected chi connectivity index (χ1v) is 4.71. The number of hydrogen-bond donors (Lipinski definition) is 1. The maximum absolute atomic E-state index is 13.5. The van der Waals surface area contributed by atoms with E-state index in [1.165, 1.54) is 12.4 Å². The molecule has 0 fully saturated rings. The van der Waals surface area contributed by atoms with Crippen LogP contribution in [0.3, 0.4) is 0 Å². The first-order chi connectivity index (χ1) is 7.72. The quantitative estimate of drug-likeness (QED) is 0.845. The smallest absolute Gasteiger partial charge is 0.131 e. The summed E-state index contributed by atoms with van der Waals surface area (Å²) in [5, 5.41) is 9.10. The Hall–Kier alpha value is -1.81. The van der Waals surface area contributed by atoms with E-state index < -0.39 is 11.6 Å². The van der Waals surface area contributed by atoms with E-state index in [1.54, 1.807) is 6.07 Å². The zero-order chi connectivity index (χ0) is 11.5. The fourth-order valence-corrected chi connectivity index (χ4v) is 1.51. The average molecular weight is 221 g/mol. The summed E-state index contributed by atoms with van der Waals surface area (Å²) in [6, 6.07) is 4.76. The van der Waals surface area contributed by atoms with E-state index in [4.69, 9.17) is 5.11 Å². The lowest BCUT2D eigenvalue weighted by atomic mass is 10.0. The van der Waals surface area contributed by atoms with Gasteiger partial charge in [-0.1, -0.05) is 0 Å². The van der Waals surface area contributed by atoms with Crippen LogP contribution in [0.2, 0.25) is 0 Å². The van der Waals surface area contributed by atoms with Gasteiger partial charge in [0.1, 0.15) is 11.6 Å². The molecule has 0 unspecified atom stereocenters. The van der Waals surface area contributed by atoms with E-state index in [2.05, 4.69) is 4.98 Å². The third kappa shape index (κ3) is 1.92. The lowest BCUT2D eigenvalue weighted by Crippen LogP contribution is -1.93. The topological polar surface area (TPSA) is 33.1 Å². The second kappa shape index (κ2) is 4.37. The Kier molecular flexibility index (Phi) is 2.92. The molecule has 0 saturated carbocycles. The van der Waals surface area contributed by atoms with Crippen LogP contribution in [0.5, 0.6) is 0 Å². The van der Waals surface area contributed by atoms with Crippen LogP contribution >= 0.6 is 0 Å². The summed E-state index contributed by atoms with van der Waals surface area (Å²) in [5.41, 5.74) is 1.03. The fraction of sp³-hybridized carbons (Fsp3) is 0.0833. The molecule has 0 saturated heterocycles. The summed E-state index contributed by atoms with van der Waals surface area (Å²) in [7, 11) is 0. The second-order valence-electron chi connectivity index (χ2n) is 3.32. The molecule has 0 aliphatic rings. The normalized spacial score (nSPS) is 10.4. The Morgan fingerprint density at radius 2 is 1.94 bits per heavy atom. The van der Waals surface area contributed by atoms with E-state index in [9.17, 15) is 8.78 Å². The van der Waals surface area contributed by atoms with Gasteiger partial charge in [-0.2, -0.15) is 0 Å². The van der Waals surface area contributed by atoms with Crippen molar-refractivity contribution in [1.82, 2.24) is 4.98 Å². The van der Waals surface area contributed by atoms with Gasteiger partial charge in [0, 0.05) is 23.5 Å². The van der Waals surface area contributed by atoms with Gasteiger partial charge in [-0.05, 0) is 29.8 Å². The van der Waals surface area contributed by atoms with Crippen molar-refractivity contribution in [1.29, 1.82) is 0 Å². The Morgan fingerprint density at radius 3 is 2.69 bits per heavy atom. The van der Waals surface area contributed by atoms with Crippen LogP contribution in [0.25, 0.3) is 11.1 Å². The molecule has 1 aromatic heterocycles. The van der Waals surface area contributed by atoms with E-state index in [1.807, 2.05) is 0 Å².